The molecule has 0 spiro atoms. The molecule has 2 atom stereocenters. The van der Waals surface area contributed by atoms with Crippen molar-refractivity contribution in [3.63, 3.8) is 0 Å². The first-order chi connectivity index (χ1) is 9.08. The fraction of sp³-hybridized carbons (Fsp3) is 0.562. The van der Waals surface area contributed by atoms with E-state index in [9.17, 15) is 4.79 Å². The van der Waals surface area contributed by atoms with Gasteiger partial charge in [0.2, 0.25) is 0 Å². The molecule has 0 radical (unpaired) electrons. The van der Waals surface area contributed by atoms with Crippen LogP contribution in [0, 0.1) is 5.92 Å². The van der Waals surface area contributed by atoms with Gasteiger partial charge < -0.3 is 10.0 Å². The van der Waals surface area contributed by atoms with Crippen LogP contribution < -0.4 is 4.90 Å². The van der Waals surface area contributed by atoms with E-state index in [1.54, 1.807) is 0 Å². The van der Waals surface area contributed by atoms with Gasteiger partial charge in [0.25, 0.3) is 0 Å². The number of carbonyl (C=O) groups is 1. The minimum absolute atomic E-state index is 0.302. The molecule has 3 nitrogen and oxygen atoms in total. The summed E-state index contributed by atoms with van der Waals surface area (Å²) >= 11 is 0. The summed E-state index contributed by atoms with van der Waals surface area (Å²) in [5.74, 6) is 0.0549. The van der Waals surface area contributed by atoms with E-state index in [0.717, 1.165) is 12.8 Å². The highest BCUT2D eigenvalue weighted by Gasteiger charge is 2.28. The Balaban J connectivity index is 2.15. The Morgan fingerprint density at radius 1 is 1.21 bits per heavy atom. The molecular weight excluding hydrogens is 238 g/mol. The molecule has 1 aromatic rings. The summed E-state index contributed by atoms with van der Waals surface area (Å²) in [6.07, 6.45) is 4.87. The third-order valence-electron chi connectivity index (χ3n) is 4.18. The van der Waals surface area contributed by atoms with Crippen LogP contribution in [0.2, 0.25) is 0 Å². The average molecular weight is 261 g/mol. The first kappa shape index (κ1) is 13.9. The van der Waals surface area contributed by atoms with Gasteiger partial charge >= 0.3 is 5.97 Å². The van der Waals surface area contributed by atoms with Gasteiger partial charge in [-0.1, -0.05) is 25.0 Å². The maximum absolute atomic E-state index is 11.0. The predicted molar refractivity (Wildman–Crippen MR) is 77.7 cm³/mol. The van der Waals surface area contributed by atoms with Crippen molar-refractivity contribution in [3.8, 4) is 0 Å². The van der Waals surface area contributed by atoms with Crippen molar-refractivity contribution >= 4 is 11.7 Å². The standard InChI is InChI=1S/C16H23NO2/c1-17(2)14-9-7-12(8-10-14)15-6-4-3-5-13(15)11-16(18)19/h7-10,13,15H,3-6,11H2,1-2H3,(H,18,19). The third kappa shape index (κ3) is 3.49. The molecule has 104 valence electrons. The number of hydrogen-bond donors (Lipinski definition) is 1. The lowest BCUT2D eigenvalue weighted by atomic mass is 9.74. The van der Waals surface area contributed by atoms with Gasteiger partial charge in [-0.15, -0.1) is 0 Å². The summed E-state index contributed by atoms with van der Waals surface area (Å²) in [4.78, 5) is 13.1. The van der Waals surface area contributed by atoms with Gasteiger partial charge in [0, 0.05) is 26.2 Å². The normalized spacial score (nSPS) is 23.1. The number of nitrogens with zero attached hydrogens (tertiary/aromatic N) is 1. The molecule has 0 aliphatic heterocycles. The van der Waals surface area contributed by atoms with Gasteiger partial charge in [0.1, 0.15) is 0 Å². The molecule has 0 heterocycles. The summed E-state index contributed by atoms with van der Waals surface area (Å²) < 4.78 is 0. The lowest BCUT2D eigenvalue weighted by Crippen LogP contribution is -2.21. The summed E-state index contributed by atoms with van der Waals surface area (Å²) in [5, 5.41) is 9.04. The van der Waals surface area contributed by atoms with E-state index < -0.39 is 5.97 Å². The zero-order valence-corrected chi connectivity index (χ0v) is 11.8. The van der Waals surface area contributed by atoms with Crippen molar-refractivity contribution in [2.24, 2.45) is 5.92 Å². The Labute approximate surface area is 115 Å². The van der Waals surface area contributed by atoms with E-state index in [2.05, 4.69) is 29.2 Å². The number of benzene rings is 1. The van der Waals surface area contributed by atoms with Crippen LogP contribution >= 0.6 is 0 Å². The summed E-state index contributed by atoms with van der Waals surface area (Å²) in [7, 11) is 4.06. The Kier molecular flexibility index (Phi) is 4.46. The molecule has 1 aromatic carbocycles. The highest BCUT2D eigenvalue weighted by atomic mass is 16.4. The van der Waals surface area contributed by atoms with Crippen LogP contribution in [0.15, 0.2) is 24.3 Å². The molecule has 19 heavy (non-hydrogen) atoms. The second-order valence-corrected chi connectivity index (χ2v) is 5.73. The van der Waals surface area contributed by atoms with Crippen molar-refractivity contribution in [1.82, 2.24) is 0 Å². The van der Waals surface area contributed by atoms with E-state index in [1.807, 2.05) is 14.1 Å². The predicted octanol–water partition coefficient (Wildman–Crippen LogP) is 3.50. The van der Waals surface area contributed by atoms with Crippen LogP contribution in [-0.2, 0) is 4.79 Å². The largest absolute Gasteiger partial charge is 0.481 e. The first-order valence-electron chi connectivity index (χ1n) is 7.07. The topological polar surface area (TPSA) is 40.5 Å². The van der Waals surface area contributed by atoms with Gasteiger partial charge in [0.05, 0.1) is 0 Å². The molecule has 1 N–H and O–H groups in total. The molecule has 1 fully saturated rings. The highest BCUT2D eigenvalue weighted by Crippen LogP contribution is 2.39. The van der Waals surface area contributed by atoms with E-state index >= 15 is 0 Å². The molecule has 1 saturated carbocycles. The monoisotopic (exact) mass is 261 g/mol. The third-order valence-corrected chi connectivity index (χ3v) is 4.18. The summed E-state index contributed by atoms with van der Waals surface area (Å²) in [5.41, 5.74) is 2.49. The molecule has 0 aromatic heterocycles. The fourth-order valence-electron chi connectivity index (χ4n) is 3.13. The van der Waals surface area contributed by atoms with Gasteiger partial charge in [-0.2, -0.15) is 0 Å². The lowest BCUT2D eigenvalue weighted by molar-refractivity contribution is -0.138. The number of anilines is 1. The van der Waals surface area contributed by atoms with E-state index in [4.69, 9.17) is 5.11 Å². The molecule has 2 unspecified atom stereocenters. The van der Waals surface area contributed by atoms with Crippen LogP contribution in [0.25, 0.3) is 0 Å². The van der Waals surface area contributed by atoms with Crippen LogP contribution in [0.5, 0.6) is 0 Å². The molecule has 0 saturated heterocycles. The van der Waals surface area contributed by atoms with Crippen molar-refractivity contribution in [2.45, 2.75) is 38.0 Å². The number of hydrogen-bond acceptors (Lipinski definition) is 2. The Morgan fingerprint density at radius 3 is 2.42 bits per heavy atom. The van der Waals surface area contributed by atoms with Crippen molar-refractivity contribution < 1.29 is 9.90 Å². The van der Waals surface area contributed by atoms with Crippen LogP contribution in [0.3, 0.4) is 0 Å². The average Bonchev–Trinajstić information content (AvgIpc) is 2.39. The highest BCUT2D eigenvalue weighted by molar-refractivity contribution is 5.67. The molecule has 0 amide bonds. The number of carboxylic acids is 1. The van der Waals surface area contributed by atoms with Gasteiger partial charge in [-0.05, 0) is 42.4 Å². The van der Waals surface area contributed by atoms with E-state index in [-0.39, 0.29) is 0 Å². The van der Waals surface area contributed by atoms with Gasteiger partial charge in [0.15, 0.2) is 0 Å². The minimum atomic E-state index is -0.665. The van der Waals surface area contributed by atoms with Gasteiger partial charge in [-0.3, -0.25) is 4.79 Å². The van der Waals surface area contributed by atoms with E-state index in [1.165, 1.54) is 24.1 Å². The molecule has 1 aliphatic rings. The molecule has 1 aliphatic carbocycles. The molecule has 2 rings (SSSR count). The van der Waals surface area contributed by atoms with Crippen molar-refractivity contribution in [1.29, 1.82) is 0 Å². The van der Waals surface area contributed by atoms with E-state index in [0.29, 0.717) is 18.3 Å². The summed E-state index contributed by atoms with van der Waals surface area (Å²) in [6, 6.07) is 8.59. The minimum Gasteiger partial charge on any atom is -0.481 e. The van der Waals surface area contributed by atoms with Crippen molar-refractivity contribution in [2.75, 3.05) is 19.0 Å². The smallest absolute Gasteiger partial charge is 0.303 e. The first-order valence-corrected chi connectivity index (χ1v) is 7.07. The Hall–Kier alpha value is -1.51. The molecule has 0 bridgehead atoms. The number of rotatable bonds is 4. The second-order valence-electron chi connectivity index (χ2n) is 5.73. The van der Waals surface area contributed by atoms with Crippen LogP contribution in [0.4, 0.5) is 5.69 Å². The maximum Gasteiger partial charge on any atom is 0.303 e. The van der Waals surface area contributed by atoms with Crippen molar-refractivity contribution in [3.05, 3.63) is 29.8 Å². The quantitative estimate of drug-likeness (QED) is 0.901. The lowest BCUT2D eigenvalue weighted by Gasteiger charge is -2.31. The second kappa shape index (κ2) is 6.09. The van der Waals surface area contributed by atoms with Gasteiger partial charge in [-0.25, -0.2) is 0 Å². The zero-order valence-electron chi connectivity index (χ0n) is 11.8. The molecule has 3 heteroatoms. The summed E-state index contributed by atoms with van der Waals surface area (Å²) in [6.45, 7) is 0. The SMILES string of the molecule is CN(C)c1ccc(C2CCCCC2CC(=O)O)cc1. The zero-order chi connectivity index (χ0) is 13.8. The molecular formula is C16H23NO2. The fourth-order valence-corrected chi connectivity index (χ4v) is 3.13. The van der Waals surface area contributed by atoms with Crippen LogP contribution in [-0.4, -0.2) is 25.2 Å². The maximum atomic E-state index is 11.0. The van der Waals surface area contributed by atoms with Crippen LogP contribution in [0.1, 0.15) is 43.6 Å². The Bertz CT molecular complexity index is 425. The Morgan fingerprint density at radius 2 is 1.84 bits per heavy atom. The number of aliphatic carboxylic acids is 1. The number of carboxylic acid groups (broad SMARTS) is 1.